The molecule has 1 N–H and O–H groups in total. The Kier molecular flexibility index (Phi) is 3.19. The average molecular weight is 260 g/mol. The first-order valence-electron chi connectivity index (χ1n) is 6.97. The topological polar surface area (TPSA) is 41.6 Å². The number of nitrogens with one attached hydrogen (secondary N) is 1. The van der Waals surface area contributed by atoms with Crippen molar-refractivity contribution >= 4 is 11.8 Å². The Morgan fingerprint density at radius 1 is 1.32 bits per heavy atom. The van der Waals surface area contributed by atoms with Crippen molar-refractivity contribution in [2.24, 2.45) is 0 Å². The van der Waals surface area contributed by atoms with Gasteiger partial charge in [-0.2, -0.15) is 0 Å². The first-order chi connectivity index (χ1) is 9.16. The van der Waals surface area contributed by atoms with E-state index < -0.39 is 0 Å². The number of carbonyl (C=O) groups excluding carboxylic acids is 1. The van der Waals surface area contributed by atoms with E-state index >= 15 is 0 Å². The molecule has 4 nitrogen and oxygen atoms in total. The summed E-state index contributed by atoms with van der Waals surface area (Å²) in [6.45, 7) is 6.04. The summed E-state index contributed by atoms with van der Waals surface area (Å²) in [4.78, 5) is 13.9. The number of amides is 1. The minimum absolute atomic E-state index is 0.00831. The van der Waals surface area contributed by atoms with Crippen molar-refractivity contribution in [3.8, 4) is 0 Å². The molecule has 0 aliphatic carbocycles. The Balaban J connectivity index is 1.86. The molecule has 3 rings (SSSR count). The smallest absolute Gasteiger partial charge is 0.415 e. The number of benzene rings is 1. The summed E-state index contributed by atoms with van der Waals surface area (Å²) >= 11 is 0. The van der Waals surface area contributed by atoms with E-state index in [0.717, 1.165) is 25.2 Å². The Bertz CT molecular complexity index is 470. The van der Waals surface area contributed by atoms with Crippen molar-refractivity contribution in [3.63, 3.8) is 0 Å². The maximum atomic E-state index is 12.0. The summed E-state index contributed by atoms with van der Waals surface area (Å²) < 4.78 is 5.43. The molecule has 2 atom stereocenters. The number of fused-ring (bicyclic) bond motifs is 1. The van der Waals surface area contributed by atoms with E-state index in [1.165, 1.54) is 5.56 Å². The highest BCUT2D eigenvalue weighted by Gasteiger charge is 2.43. The average Bonchev–Trinajstić information content (AvgIpc) is 2.74. The van der Waals surface area contributed by atoms with Gasteiger partial charge < -0.3 is 10.1 Å². The lowest BCUT2D eigenvalue weighted by molar-refractivity contribution is 0.121. The molecule has 0 bridgehead atoms. The predicted octanol–water partition coefficient (Wildman–Crippen LogP) is 2.50. The third kappa shape index (κ3) is 2.21. The van der Waals surface area contributed by atoms with Crippen LogP contribution in [0.5, 0.6) is 0 Å². The van der Waals surface area contributed by atoms with Gasteiger partial charge in [-0.05, 0) is 36.6 Å². The Morgan fingerprint density at radius 3 is 2.74 bits per heavy atom. The molecule has 2 heterocycles. The molecule has 0 radical (unpaired) electrons. The number of ether oxygens (including phenoxy) is 1. The van der Waals surface area contributed by atoms with Gasteiger partial charge in [0.1, 0.15) is 6.10 Å². The van der Waals surface area contributed by atoms with Crippen molar-refractivity contribution in [3.05, 3.63) is 29.8 Å². The van der Waals surface area contributed by atoms with Crippen LogP contribution in [0, 0.1) is 0 Å². The molecule has 4 heteroatoms. The van der Waals surface area contributed by atoms with Crippen molar-refractivity contribution in [1.82, 2.24) is 5.32 Å². The predicted molar refractivity (Wildman–Crippen MR) is 74.6 cm³/mol. The maximum Gasteiger partial charge on any atom is 0.415 e. The van der Waals surface area contributed by atoms with Crippen LogP contribution in [0.3, 0.4) is 0 Å². The number of nitrogens with zero attached hydrogens (tertiary/aromatic N) is 1. The van der Waals surface area contributed by atoms with Crippen molar-refractivity contribution in [1.29, 1.82) is 0 Å². The van der Waals surface area contributed by atoms with E-state index in [4.69, 9.17) is 4.74 Å². The third-order valence-electron chi connectivity index (χ3n) is 4.01. The maximum absolute atomic E-state index is 12.0. The van der Waals surface area contributed by atoms with Gasteiger partial charge >= 0.3 is 6.09 Å². The zero-order valence-corrected chi connectivity index (χ0v) is 11.4. The van der Waals surface area contributed by atoms with Crippen LogP contribution >= 0.6 is 0 Å². The van der Waals surface area contributed by atoms with E-state index in [0.29, 0.717) is 5.92 Å². The summed E-state index contributed by atoms with van der Waals surface area (Å²) in [5.74, 6) is 0.506. The second kappa shape index (κ2) is 4.85. The van der Waals surface area contributed by atoms with Gasteiger partial charge in [0.15, 0.2) is 0 Å². The van der Waals surface area contributed by atoms with Crippen LogP contribution in [0.1, 0.15) is 31.7 Å². The number of hydrogen-bond acceptors (Lipinski definition) is 3. The van der Waals surface area contributed by atoms with Crippen LogP contribution in [0.15, 0.2) is 24.3 Å². The van der Waals surface area contributed by atoms with Crippen molar-refractivity contribution in [2.45, 2.75) is 38.3 Å². The second-order valence-corrected chi connectivity index (χ2v) is 5.60. The Hall–Kier alpha value is -1.55. The molecule has 1 amide bonds. The van der Waals surface area contributed by atoms with E-state index in [-0.39, 0.29) is 18.2 Å². The zero-order chi connectivity index (χ0) is 13.4. The summed E-state index contributed by atoms with van der Waals surface area (Å²) in [7, 11) is 0. The van der Waals surface area contributed by atoms with Crippen LogP contribution in [-0.2, 0) is 4.74 Å². The molecular weight excluding hydrogens is 240 g/mol. The molecule has 2 aliphatic heterocycles. The standard InChI is InChI=1S/C15H20N2O2/c1-10(2)11-3-5-12(6-4-11)17-13-7-8-16-9-14(13)19-15(17)18/h3-6,10,13-14,16H,7-9H2,1-2H3. The van der Waals surface area contributed by atoms with Gasteiger partial charge in [-0.15, -0.1) is 0 Å². The SMILES string of the molecule is CC(C)c1ccc(N2C(=O)OC3CNCCC32)cc1. The summed E-state index contributed by atoms with van der Waals surface area (Å²) in [5, 5.41) is 3.27. The van der Waals surface area contributed by atoms with E-state index in [9.17, 15) is 4.79 Å². The highest BCUT2D eigenvalue weighted by atomic mass is 16.6. The van der Waals surface area contributed by atoms with E-state index in [1.54, 1.807) is 0 Å². The lowest BCUT2D eigenvalue weighted by Crippen LogP contribution is -2.47. The second-order valence-electron chi connectivity index (χ2n) is 5.60. The molecular formula is C15H20N2O2. The fraction of sp³-hybridized carbons (Fsp3) is 0.533. The Labute approximate surface area is 113 Å². The number of anilines is 1. The van der Waals surface area contributed by atoms with Crippen LogP contribution in [0.25, 0.3) is 0 Å². The number of hydrogen-bond donors (Lipinski definition) is 1. The van der Waals surface area contributed by atoms with Crippen molar-refractivity contribution in [2.75, 3.05) is 18.0 Å². The summed E-state index contributed by atoms with van der Waals surface area (Å²) in [5.41, 5.74) is 2.24. The minimum atomic E-state index is -0.212. The number of rotatable bonds is 2. The van der Waals surface area contributed by atoms with Crippen LogP contribution in [0.4, 0.5) is 10.5 Å². The quantitative estimate of drug-likeness (QED) is 0.888. The Morgan fingerprint density at radius 2 is 2.05 bits per heavy atom. The lowest BCUT2D eigenvalue weighted by Gasteiger charge is -2.28. The largest absolute Gasteiger partial charge is 0.442 e. The van der Waals surface area contributed by atoms with Gasteiger partial charge in [-0.1, -0.05) is 26.0 Å². The number of piperidine rings is 1. The molecule has 2 aliphatic rings. The van der Waals surface area contributed by atoms with Gasteiger partial charge in [0, 0.05) is 12.2 Å². The molecule has 0 aromatic heterocycles. The van der Waals surface area contributed by atoms with Gasteiger partial charge in [-0.25, -0.2) is 4.79 Å². The molecule has 2 unspecified atom stereocenters. The van der Waals surface area contributed by atoms with Crippen LogP contribution in [0.2, 0.25) is 0 Å². The molecule has 19 heavy (non-hydrogen) atoms. The van der Waals surface area contributed by atoms with Gasteiger partial charge in [0.05, 0.1) is 6.04 Å². The first kappa shape index (κ1) is 12.5. The number of carbonyl (C=O) groups is 1. The van der Waals surface area contributed by atoms with Crippen molar-refractivity contribution < 1.29 is 9.53 Å². The highest BCUT2D eigenvalue weighted by Crippen LogP contribution is 2.30. The molecule has 1 aromatic carbocycles. The van der Waals surface area contributed by atoms with Gasteiger partial charge in [0.2, 0.25) is 0 Å². The zero-order valence-electron chi connectivity index (χ0n) is 11.4. The third-order valence-corrected chi connectivity index (χ3v) is 4.01. The lowest BCUT2D eigenvalue weighted by atomic mass is 10.0. The minimum Gasteiger partial charge on any atom is -0.442 e. The molecule has 0 spiro atoms. The molecule has 2 saturated heterocycles. The fourth-order valence-electron chi connectivity index (χ4n) is 2.87. The summed E-state index contributed by atoms with van der Waals surface area (Å²) in [6.07, 6.45) is 0.726. The van der Waals surface area contributed by atoms with Gasteiger partial charge in [0.25, 0.3) is 0 Å². The highest BCUT2D eigenvalue weighted by molar-refractivity contribution is 5.90. The summed E-state index contributed by atoms with van der Waals surface area (Å²) in [6, 6.07) is 8.43. The fourth-order valence-corrected chi connectivity index (χ4v) is 2.87. The van der Waals surface area contributed by atoms with Crippen LogP contribution < -0.4 is 10.2 Å². The normalized spacial score (nSPS) is 26.5. The van der Waals surface area contributed by atoms with E-state index in [1.807, 2.05) is 17.0 Å². The van der Waals surface area contributed by atoms with E-state index in [2.05, 4.69) is 31.3 Å². The van der Waals surface area contributed by atoms with Crippen LogP contribution in [-0.4, -0.2) is 31.3 Å². The monoisotopic (exact) mass is 260 g/mol. The van der Waals surface area contributed by atoms with Gasteiger partial charge in [-0.3, -0.25) is 4.90 Å². The molecule has 1 aromatic rings. The molecule has 2 fully saturated rings. The molecule has 102 valence electrons. The first-order valence-corrected chi connectivity index (χ1v) is 6.97. The molecule has 0 saturated carbocycles.